The number of nitrogens with one attached hydrogen (secondary N) is 1. The molecule has 1 heterocycles. The normalized spacial score (nSPS) is 10.2. The van der Waals surface area contributed by atoms with E-state index in [0.29, 0.717) is 18.0 Å². The van der Waals surface area contributed by atoms with Crippen molar-refractivity contribution in [2.24, 2.45) is 0 Å². The molecule has 0 radical (unpaired) electrons. The van der Waals surface area contributed by atoms with Gasteiger partial charge in [-0.2, -0.15) is 0 Å². The quantitative estimate of drug-likeness (QED) is 0.911. The van der Waals surface area contributed by atoms with Gasteiger partial charge in [0.2, 0.25) is 5.91 Å². The second-order valence-electron chi connectivity index (χ2n) is 4.23. The molecule has 1 N–H and O–H groups in total. The van der Waals surface area contributed by atoms with Crippen molar-refractivity contribution in [2.45, 2.75) is 19.4 Å². The summed E-state index contributed by atoms with van der Waals surface area (Å²) in [6.07, 6.45) is 2.86. The number of nitrogens with zero attached hydrogens (tertiary/aromatic N) is 1. The zero-order chi connectivity index (χ0) is 13.5. The van der Waals surface area contributed by atoms with Crippen LogP contribution in [0.3, 0.4) is 0 Å². The van der Waals surface area contributed by atoms with Crippen molar-refractivity contribution in [3.63, 3.8) is 0 Å². The summed E-state index contributed by atoms with van der Waals surface area (Å²) in [6, 6.07) is 13.4. The molecule has 0 aliphatic heterocycles. The Morgan fingerprint density at radius 3 is 2.74 bits per heavy atom. The van der Waals surface area contributed by atoms with Crippen LogP contribution in [0.15, 0.2) is 48.7 Å². The third-order valence-corrected chi connectivity index (χ3v) is 2.96. The van der Waals surface area contributed by atoms with Crippen molar-refractivity contribution in [3.05, 3.63) is 64.9 Å². The van der Waals surface area contributed by atoms with Gasteiger partial charge in [0.1, 0.15) is 0 Å². The highest BCUT2D eigenvalue weighted by atomic mass is 35.5. The fourth-order valence-electron chi connectivity index (χ4n) is 1.73. The van der Waals surface area contributed by atoms with Crippen molar-refractivity contribution in [2.75, 3.05) is 0 Å². The lowest BCUT2D eigenvalue weighted by Gasteiger charge is -2.05. The molecule has 0 bridgehead atoms. The molecule has 0 atom stereocenters. The van der Waals surface area contributed by atoms with Gasteiger partial charge in [0.15, 0.2) is 0 Å². The van der Waals surface area contributed by atoms with Crippen LogP contribution >= 0.6 is 11.6 Å². The summed E-state index contributed by atoms with van der Waals surface area (Å²) in [5, 5.41) is 3.46. The number of rotatable bonds is 5. The Hall–Kier alpha value is -1.87. The van der Waals surface area contributed by atoms with Crippen LogP contribution in [0, 0.1) is 0 Å². The first-order chi connectivity index (χ1) is 9.24. The molecule has 4 heteroatoms. The lowest BCUT2D eigenvalue weighted by molar-refractivity contribution is -0.121. The van der Waals surface area contributed by atoms with E-state index in [1.165, 1.54) is 5.56 Å². The number of halogens is 1. The van der Waals surface area contributed by atoms with Crippen LogP contribution in [0.25, 0.3) is 0 Å². The first-order valence-corrected chi connectivity index (χ1v) is 6.53. The molecule has 1 amide bonds. The van der Waals surface area contributed by atoms with E-state index >= 15 is 0 Å². The highest BCUT2D eigenvalue weighted by Crippen LogP contribution is 2.08. The zero-order valence-corrected chi connectivity index (χ0v) is 11.2. The molecule has 0 unspecified atom stereocenters. The van der Waals surface area contributed by atoms with Gasteiger partial charge in [-0.3, -0.25) is 9.78 Å². The maximum Gasteiger partial charge on any atom is 0.220 e. The van der Waals surface area contributed by atoms with E-state index in [0.717, 1.165) is 12.1 Å². The van der Waals surface area contributed by atoms with Crippen LogP contribution in [-0.2, 0) is 17.8 Å². The Labute approximate surface area is 117 Å². The molecule has 2 rings (SSSR count). The number of hydrogen-bond donors (Lipinski definition) is 1. The van der Waals surface area contributed by atoms with Crippen LogP contribution < -0.4 is 5.32 Å². The molecule has 1 aromatic heterocycles. The largest absolute Gasteiger partial charge is 0.350 e. The number of amides is 1. The molecule has 19 heavy (non-hydrogen) atoms. The standard InChI is InChI=1S/C15H15ClN2O/c16-13-8-9-17-14(10-13)11-18-15(19)7-6-12-4-2-1-3-5-12/h1-5,8-10H,6-7,11H2,(H,18,19). The van der Waals surface area contributed by atoms with Gasteiger partial charge in [0, 0.05) is 17.6 Å². The maximum atomic E-state index is 11.7. The van der Waals surface area contributed by atoms with E-state index in [1.807, 2.05) is 30.3 Å². The lowest BCUT2D eigenvalue weighted by atomic mass is 10.1. The molecule has 98 valence electrons. The van der Waals surface area contributed by atoms with Crippen molar-refractivity contribution in [1.29, 1.82) is 0 Å². The molecule has 0 aliphatic carbocycles. The summed E-state index contributed by atoms with van der Waals surface area (Å²) in [4.78, 5) is 15.8. The van der Waals surface area contributed by atoms with Crippen molar-refractivity contribution in [1.82, 2.24) is 10.3 Å². The van der Waals surface area contributed by atoms with Gasteiger partial charge in [-0.25, -0.2) is 0 Å². The Morgan fingerprint density at radius 1 is 1.21 bits per heavy atom. The fourth-order valence-corrected chi connectivity index (χ4v) is 1.91. The van der Waals surface area contributed by atoms with Gasteiger partial charge in [-0.05, 0) is 24.1 Å². The first-order valence-electron chi connectivity index (χ1n) is 6.15. The van der Waals surface area contributed by atoms with Gasteiger partial charge in [0.05, 0.1) is 12.2 Å². The molecule has 3 nitrogen and oxygen atoms in total. The van der Waals surface area contributed by atoms with E-state index in [1.54, 1.807) is 18.3 Å². The lowest BCUT2D eigenvalue weighted by Crippen LogP contribution is -2.23. The van der Waals surface area contributed by atoms with E-state index in [4.69, 9.17) is 11.6 Å². The number of carbonyl (C=O) groups excluding carboxylic acids is 1. The summed E-state index contributed by atoms with van der Waals surface area (Å²) in [5.74, 6) is 0.0191. The summed E-state index contributed by atoms with van der Waals surface area (Å²) in [6.45, 7) is 0.411. The van der Waals surface area contributed by atoms with Crippen LogP contribution in [-0.4, -0.2) is 10.9 Å². The van der Waals surface area contributed by atoms with E-state index < -0.39 is 0 Å². The predicted octanol–water partition coefficient (Wildman–Crippen LogP) is 2.98. The number of hydrogen-bond acceptors (Lipinski definition) is 2. The molecular formula is C15H15ClN2O. The van der Waals surface area contributed by atoms with Gasteiger partial charge in [-0.1, -0.05) is 41.9 Å². The highest BCUT2D eigenvalue weighted by Gasteiger charge is 2.03. The number of benzene rings is 1. The molecule has 0 aliphatic rings. The average Bonchev–Trinajstić information content (AvgIpc) is 2.44. The van der Waals surface area contributed by atoms with Crippen LogP contribution in [0.1, 0.15) is 17.7 Å². The molecule has 1 aromatic carbocycles. The van der Waals surface area contributed by atoms with E-state index in [9.17, 15) is 4.79 Å². The monoisotopic (exact) mass is 274 g/mol. The van der Waals surface area contributed by atoms with Crippen LogP contribution in [0.2, 0.25) is 5.02 Å². The summed E-state index contributed by atoms with van der Waals surface area (Å²) in [7, 11) is 0. The molecule has 2 aromatic rings. The van der Waals surface area contributed by atoms with Crippen molar-refractivity contribution in [3.8, 4) is 0 Å². The maximum absolute atomic E-state index is 11.7. The van der Waals surface area contributed by atoms with Gasteiger partial charge < -0.3 is 5.32 Å². The minimum absolute atomic E-state index is 0.0191. The molecule has 0 saturated carbocycles. The van der Waals surface area contributed by atoms with Gasteiger partial charge in [0.25, 0.3) is 0 Å². The van der Waals surface area contributed by atoms with E-state index in [2.05, 4.69) is 10.3 Å². The minimum atomic E-state index is 0.0191. The van der Waals surface area contributed by atoms with E-state index in [-0.39, 0.29) is 5.91 Å². The Morgan fingerprint density at radius 2 is 2.00 bits per heavy atom. The fraction of sp³-hybridized carbons (Fsp3) is 0.200. The number of aromatic nitrogens is 1. The average molecular weight is 275 g/mol. The molecule has 0 saturated heterocycles. The number of carbonyl (C=O) groups is 1. The smallest absolute Gasteiger partial charge is 0.220 e. The van der Waals surface area contributed by atoms with Crippen molar-refractivity contribution >= 4 is 17.5 Å². The minimum Gasteiger partial charge on any atom is -0.350 e. The summed E-state index contributed by atoms with van der Waals surface area (Å²) >= 11 is 5.85. The Bertz CT molecular complexity index is 543. The second kappa shape index (κ2) is 6.90. The highest BCUT2D eigenvalue weighted by molar-refractivity contribution is 6.30. The number of aryl methyl sites for hydroxylation is 1. The Balaban J connectivity index is 1.76. The van der Waals surface area contributed by atoms with Gasteiger partial charge >= 0.3 is 0 Å². The number of pyridine rings is 1. The molecule has 0 spiro atoms. The molecule has 0 fully saturated rings. The van der Waals surface area contributed by atoms with Crippen molar-refractivity contribution < 1.29 is 4.79 Å². The second-order valence-corrected chi connectivity index (χ2v) is 4.66. The van der Waals surface area contributed by atoms with Gasteiger partial charge in [-0.15, -0.1) is 0 Å². The summed E-state index contributed by atoms with van der Waals surface area (Å²) < 4.78 is 0. The third-order valence-electron chi connectivity index (χ3n) is 2.73. The van der Waals surface area contributed by atoms with Crippen LogP contribution in [0.4, 0.5) is 0 Å². The topological polar surface area (TPSA) is 42.0 Å². The predicted molar refractivity (Wildman–Crippen MR) is 75.9 cm³/mol. The Kier molecular flexibility index (Phi) is 4.93. The summed E-state index contributed by atoms with van der Waals surface area (Å²) in [5.41, 5.74) is 1.93. The SMILES string of the molecule is O=C(CCc1ccccc1)NCc1cc(Cl)ccn1. The third kappa shape index (κ3) is 4.72. The zero-order valence-electron chi connectivity index (χ0n) is 10.5. The first kappa shape index (κ1) is 13.6. The van der Waals surface area contributed by atoms with Crippen LogP contribution in [0.5, 0.6) is 0 Å². The molecular weight excluding hydrogens is 260 g/mol.